The van der Waals surface area contributed by atoms with Crippen molar-refractivity contribution in [1.29, 1.82) is 0 Å². The summed E-state index contributed by atoms with van der Waals surface area (Å²) >= 11 is 4.06. The van der Waals surface area contributed by atoms with Crippen molar-refractivity contribution >= 4 is 23.5 Å². The molecule has 0 N–H and O–H groups in total. The minimum atomic E-state index is 1.26. The van der Waals surface area contributed by atoms with Crippen LogP contribution < -0.4 is 0 Å². The average Bonchev–Trinajstić information content (AvgIpc) is 2.85. The zero-order chi connectivity index (χ0) is 24.4. The third-order valence-electron chi connectivity index (χ3n) is 6.77. The molecule has 1 rings (SSSR count). The largest absolute Gasteiger partial charge is 0.126 e. The van der Waals surface area contributed by atoms with Crippen molar-refractivity contribution in [2.45, 2.75) is 165 Å². The van der Waals surface area contributed by atoms with Gasteiger partial charge in [-0.3, -0.25) is 0 Å². The van der Waals surface area contributed by atoms with Crippen LogP contribution in [0.3, 0.4) is 0 Å². The van der Waals surface area contributed by atoms with E-state index in [0.717, 1.165) is 0 Å². The van der Waals surface area contributed by atoms with Gasteiger partial charge in [0, 0.05) is 9.79 Å². The fourth-order valence-corrected chi connectivity index (χ4v) is 6.48. The van der Waals surface area contributed by atoms with Crippen LogP contribution in [0, 0.1) is 6.07 Å². The maximum Gasteiger partial charge on any atom is 0.00892 e. The lowest BCUT2D eigenvalue weighted by Gasteiger charge is -2.06. The molecule has 1 aromatic carbocycles. The molecule has 34 heavy (non-hydrogen) atoms. The Morgan fingerprint density at radius 3 is 1.06 bits per heavy atom. The summed E-state index contributed by atoms with van der Waals surface area (Å²) in [5, 5.41) is 0. The number of thioether (sulfide) groups is 2. The van der Waals surface area contributed by atoms with Crippen molar-refractivity contribution in [1.82, 2.24) is 0 Å². The SMILES string of the molecule is CCCCCCCCCCCCCSc1c[c]cc(SCCCCCCCCCCCCC)c1. The van der Waals surface area contributed by atoms with Gasteiger partial charge in [0.25, 0.3) is 0 Å². The van der Waals surface area contributed by atoms with Gasteiger partial charge in [-0.25, -0.2) is 0 Å². The molecule has 0 heterocycles. The highest BCUT2D eigenvalue weighted by Crippen LogP contribution is 2.27. The van der Waals surface area contributed by atoms with E-state index in [-0.39, 0.29) is 0 Å². The first-order valence-electron chi connectivity index (χ1n) is 15.1. The van der Waals surface area contributed by atoms with E-state index >= 15 is 0 Å². The molecule has 0 nitrogen and oxygen atoms in total. The Kier molecular flexibility index (Phi) is 24.4. The van der Waals surface area contributed by atoms with Crippen LogP contribution in [0.5, 0.6) is 0 Å². The van der Waals surface area contributed by atoms with Crippen LogP contribution in [-0.4, -0.2) is 11.5 Å². The standard InChI is InChI=1S/C32H57S2/c1-3-5-7-9-11-13-15-17-19-21-23-28-33-31-26-25-27-32(30-31)34-29-24-22-20-18-16-14-12-10-8-6-4-2/h26-27,30H,3-24,28-29H2,1-2H3. The van der Waals surface area contributed by atoms with Gasteiger partial charge < -0.3 is 0 Å². The highest BCUT2D eigenvalue weighted by Gasteiger charge is 2.00. The Morgan fingerprint density at radius 1 is 0.441 bits per heavy atom. The first kappa shape index (κ1) is 31.9. The molecule has 0 bridgehead atoms. The van der Waals surface area contributed by atoms with E-state index in [9.17, 15) is 0 Å². The van der Waals surface area contributed by atoms with Crippen LogP contribution >= 0.6 is 23.5 Å². The second-order valence-electron chi connectivity index (χ2n) is 10.2. The summed E-state index contributed by atoms with van der Waals surface area (Å²) in [6.07, 6.45) is 31.4. The normalized spacial score (nSPS) is 11.4. The summed E-state index contributed by atoms with van der Waals surface area (Å²) in [5.41, 5.74) is 0. The van der Waals surface area contributed by atoms with Crippen LogP contribution in [0.1, 0.15) is 155 Å². The van der Waals surface area contributed by atoms with E-state index < -0.39 is 0 Å². The summed E-state index contributed by atoms with van der Waals surface area (Å²) in [4.78, 5) is 2.83. The van der Waals surface area contributed by atoms with Crippen molar-refractivity contribution in [2.24, 2.45) is 0 Å². The fourth-order valence-electron chi connectivity index (χ4n) is 4.51. The molecule has 0 unspecified atom stereocenters. The topological polar surface area (TPSA) is 0 Å². The lowest BCUT2D eigenvalue weighted by molar-refractivity contribution is 0.555. The minimum absolute atomic E-state index is 1.26. The molecule has 0 aliphatic heterocycles. The van der Waals surface area contributed by atoms with Gasteiger partial charge >= 0.3 is 0 Å². The summed E-state index contributed by atoms with van der Waals surface area (Å²) in [6, 6.07) is 10.1. The van der Waals surface area contributed by atoms with Gasteiger partial charge in [0.05, 0.1) is 0 Å². The van der Waals surface area contributed by atoms with Gasteiger partial charge in [0.2, 0.25) is 0 Å². The Labute approximate surface area is 223 Å². The Balaban J connectivity index is 1.91. The monoisotopic (exact) mass is 505 g/mol. The molecule has 1 radical (unpaired) electrons. The quantitative estimate of drug-likeness (QED) is 0.0906. The average molecular weight is 506 g/mol. The van der Waals surface area contributed by atoms with E-state index in [0.29, 0.717) is 0 Å². The van der Waals surface area contributed by atoms with Gasteiger partial charge in [-0.1, -0.05) is 142 Å². The molecule has 197 valence electrons. The van der Waals surface area contributed by atoms with Crippen LogP contribution in [0.4, 0.5) is 0 Å². The predicted octanol–water partition coefficient (Wildman–Crippen LogP) is 12.3. The summed E-state index contributed by atoms with van der Waals surface area (Å²) in [6.45, 7) is 4.60. The molecular weight excluding hydrogens is 448 g/mol. The van der Waals surface area contributed by atoms with Gasteiger partial charge in [-0.15, -0.1) is 23.5 Å². The van der Waals surface area contributed by atoms with Crippen molar-refractivity contribution in [3.63, 3.8) is 0 Å². The molecule has 0 saturated heterocycles. The summed E-state index contributed by atoms with van der Waals surface area (Å²) in [7, 11) is 0. The second kappa shape index (κ2) is 26.0. The summed E-state index contributed by atoms with van der Waals surface area (Å²) < 4.78 is 0. The smallest absolute Gasteiger partial charge is 0.00892 e. The molecule has 0 saturated carbocycles. The minimum Gasteiger partial charge on any atom is -0.126 e. The summed E-state index contributed by atoms with van der Waals surface area (Å²) in [5.74, 6) is 2.52. The molecule has 0 amide bonds. The maximum absolute atomic E-state index is 3.37. The Hall–Kier alpha value is -0.0800. The molecule has 0 aromatic heterocycles. The fraction of sp³-hybridized carbons (Fsp3) is 0.812. The van der Waals surface area contributed by atoms with Gasteiger partial charge in [-0.2, -0.15) is 0 Å². The first-order chi connectivity index (χ1) is 16.9. The lowest BCUT2D eigenvalue weighted by Crippen LogP contribution is -1.86. The third kappa shape index (κ3) is 21.2. The number of hydrogen-bond donors (Lipinski definition) is 0. The van der Waals surface area contributed by atoms with Crippen molar-refractivity contribution in [3.8, 4) is 0 Å². The molecule has 0 aliphatic carbocycles. The van der Waals surface area contributed by atoms with Gasteiger partial charge in [-0.05, 0) is 48.6 Å². The van der Waals surface area contributed by atoms with E-state index in [4.69, 9.17) is 0 Å². The highest BCUT2D eigenvalue weighted by atomic mass is 32.2. The zero-order valence-electron chi connectivity index (χ0n) is 23.0. The van der Waals surface area contributed by atoms with Crippen LogP contribution in [0.15, 0.2) is 28.0 Å². The van der Waals surface area contributed by atoms with Gasteiger partial charge in [0.1, 0.15) is 0 Å². The third-order valence-corrected chi connectivity index (χ3v) is 8.89. The number of hydrogen-bond acceptors (Lipinski definition) is 2. The molecule has 0 fully saturated rings. The predicted molar refractivity (Wildman–Crippen MR) is 160 cm³/mol. The molecule has 1 aromatic rings. The van der Waals surface area contributed by atoms with Crippen molar-refractivity contribution in [3.05, 3.63) is 24.3 Å². The van der Waals surface area contributed by atoms with Crippen molar-refractivity contribution in [2.75, 3.05) is 11.5 Å². The molecule has 0 atom stereocenters. The van der Waals surface area contributed by atoms with Crippen LogP contribution in [0.25, 0.3) is 0 Å². The second-order valence-corrected chi connectivity index (χ2v) is 12.5. The molecule has 0 spiro atoms. The Bertz CT molecular complexity index is 484. The molecular formula is C32H57S2. The highest BCUT2D eigenvalue weighted by molar-refractivity contribution is 8.00. The Morgan fingerprint density at radius 2 is 0.735 bits per heavy atom. The zero-order valence-corrected chi connectivity index (χ0v) is 24.7. The molecule has 2 heteroatoms. The van der Waals surface area contributed by atoms with E-state index in [1.54, 1.807) is 0 Å². The lowest BCUT2D eigenvalue weighted by atomic mass is 10.1. The van der Waals surface area contributed by atoms with Gasteiger partial charge in [0.15, 0.2) is 0 Å². The number of rotatable bonds is 26. The van der Waals surface area contributed by atoms with Crippen LogP contribution in [-0.2, 0) is 0 Å². The number of benzene rings is 1. The molecule has 0 aliphatic rings. The van der Waals surface area contributed by atoms with E-state index in [1.165, 1.54) is 163 Å². The van der Waals surface area contributed by atoms with Crippen molar-refractivity contribution < 1.29 is 0 Å². The number of unbranched alkanes of at least 4 members (excludes halogenated alkanes) is 20. The van der Waals surface area contributed by atoms with E-state index in [1.807, 2.05) is 23.5 Å². The first-order valence-corrected chi connectivity index (χ1v) is 17.1. The van der Waals surface area contributed by atoms with Crippen LogP contribution in [0.2, 0.25) is 0 Å². The van der Waals surface area contributed by atoms with E-state index in [2.05, 4.69) is 38.1 Å². The maximum atomic E-state index is 3.37.